The fourth-order valence-corrected chi connectivity index (χ4v) is 5.31. The van der Waals surface area contributed by atoms with Crippen molar-refractivity contribution in [2.75, 3.05) is 26.9 Å². The lowest BCUT2D eigenvalue weighted by molar-refractivity contribution is -0.00717. The standard InChI is InChI=1S/C26H31N3O5/c1-33-24-11-17(26(32)29-19-7-8-20(29)15-34-14-19)6-9-21(24)25(31)28-13-23(30)22-10-16-4-2-3-5-18(16)12-27-22/h2-6,9,11,19-20,22-23,27,30H,7-8,10,12-15H2,1H3,(H,28,31)/t19?,20?,22-,23+/m0/s1. The van der Waals surface area contributed by atoms with Crippen LogP contribution in [0.1, 0.15) is 44.7 Å². The summed E-state index contributed by atoms with van der Waals surface area (Å²) >= 11 is 0. The van der Waals surface area contributed by atoms with Crippen molar-refractivity contribution in [2.24, 2.45) is 0 Å². The predicted molar refractivity (Wildman–Crippen MR) is 126 cm³/mol. The largest absolute Gasteiger partial charge is 0.496 e. The molecule has 2 saturated heterocycles. The Labute approximate surface area is 199 Å². The van der Waals surface area contributed by atoms with Crippen LogP contribution in [0.3, 0.4) is 0 Å². The second-order valence-corrected chi connectivity index (χ2v) is 9.29. The minimum atomic E-state index is -0.735. The Hall–Kier alpha value is -2.94. The molecule has 4 atom stereocenters. The summed E-state index contributed by atoms with van der Waals surface area (Å²) < 4.78 is 11.0. The van der Waals surface area contributed by atoms with Crippen molar-refractivity contribution in [3.05, 3.63) is 64.7 Å². The zero-order valence-corrected chi connectivity index (χ0v) is 19.3. The number of rotatable bonds is 6. The highest BCUT2D eigenvalue weighted by Crippen LogP contribution is 2.31. The van der Waals surface area contributed by atoms with Crippen molar-refractivity contribution in [2.45, 2.75) is 50.0 Å². The fourth-order valence-electron chi connectivity index (χ4n) is 5.31. The highest BCUT2D eigenvalue weighted by molar-refractivity contribution is 6.00. The van der Waals surface area contributed by atoms with Gasteiger partial charge in [-0.3, -0.25) is 9.59 Å². The molecule has 5 rings (SSSR count). The van der Waals surface area contributed by atoms with Crippen molar-refractivity contribution >= 4 is 11.8 Å². The maximum absolute atomic E-state index is 13.2. The van der Waals surface area contributed by atoms with E-state index in [1.807, 2.05) is 17.0 Å². The average Bonchev–Trinajstić information content (AvgIpc) is 3.13. The lowest BCUT2D eigenvalue weighted by Crippen LogP contribution is -2.49. The first-order valence-corrected chi connectivity index (χ1v) is 11.9. The third kappa shape index (κ3) is 4.41. The van der Waals surface area contributed by atoms with E-state index in [-0.39, 0.29) is 36.5 Å². The first-order chi connectivity index (χ1) is 16.5. The summed E-state index contributed by atoms with van der Waals surface area (Å²) in [5.41, 5.74) is 3.28. The highest BCUT2D eigenvalue weighted by Gasteiger charge is 2.40. The molecule has 2 aromatic carbocycles. The molecule has 180 valence electrons. The Kier molecular flexibility index (Phi) is 6.54. The van der Waals surface area contributed by atoms with Crippen LogP contribution in [-0.2, 0) is 17.7 Å². The van der Waals surface area contributed by atoms with Crippen LogP contribution in [-0.4, -0.2) is 72.9 Å². The van der Waals surface area contributed by atoms with Gasteiger partial charge in [0.25, 0.3) is 11.8 Å². The number of ether oxygens (including phenoxy) is 2. The van der Waals surface area contributed by atoms with Gasteiger partial charge >= 0.3 is 0 Å². The van der Waals surface area contributed by atoms with Gasteiger partial charge in [0, 0.05) is 24.7 Å². The molecule has 8 heteroatoms. The topological polar surface area (TPSA) is 100 Å². The van der Waals surface area contributed by atoms with Gasteiger partial charge in [0.2, 0.25) is 0 Å². The molecule has 2 amide bonds. The second-order valence-electron chi connectivity index (χ2n) is 9.29. The molecule has 0 radical (unpaired) electrons. The number of amides is 2. The molecule has 3 aliphatic heterocycles. The second kappa shape index (κ2) is 9.74. The molecule has 0 aliphatic carbocycles. The molecule has 2 fully saturated rings. The molecule has 3 N–H and O–H groups in total. The number of carbonyl (C=O) groups is 2. The quantitative estimate of drug-likeness (QED) is 0.598. The molecule has 2 aromatic rings. The van der Waals surface area contributed by atoms with Crippen LogP contribution in [0.4, 0.5) is 0 Å². The number of benzene rings is 2. The van der Waals surface area contributed by atoms with Gasteiger partial charge in [0.1, 0.15) is 5.75 Å². The van der Waals surface area contributed by atoms with Gasteiger partial charge in [-0.1, -0.05) is 24.3 Å². The van der Waals surface area contributed by atoms with Gasteiger partial charge in [-0.25, -0.2) is 0 Å². The first-order valence-electron chi connectivity index (χ1n) is 11.9. The molecular weight excluding hydrogens is 434 g/mol. The first kappa shape index (κ1) is 22.8. The molecule has 0 spiro atoms. The minimum absolute atomic E-state index is 0.0554. The van der Waals surface area contributed by atoms with E-state index in [1.54, 1.807) is 18.2 Å². The van der Waals surface area contributed by atoms with Crippen molar-refractivity contribution < 1.29 is 24.2 Å². The summed E-state index contributed by atoms with van der Waals surface area (Å²) in [6, 6.07) is 13.2. The lowest BCUT2D eigenvalue weighted by atomic mass is 9.93. The van der Waals surface area contributed by atoms with Crippen LogP contribution < -0.4 is 15.4 Å². The molecular formula is C26H31N3O5. The molecule has 8 nitrogen and oxygen atoms in total. The average molecular weight is 466 g/mol. The van der Waals surface area contributed by atoms with E-state index in [0.717, 1.165) is 12.8 Å². The number of fused-ring (bicyclic) bond motifs is 3. The minimum Gasteiger partial charge on any atom is -0.496 e. The number of hydrogen-bond donors (Lipinski definition) is 3. The maximum Gasteiger partial charge on any atom is 0.255 e. The number of nitrogens with one attached hydrogen (secondary N) is 2. The van der Waals surface area contributed by atoms with Gasteiger partial charge in [-0.05, 0) is 48.6 Å². The van der Waals surface area contributed by atoms with Gasteiger partial charge < -0.3 is 30.1 Å². The summed E-state index contributed by atoms with van der Waals surface area (Å²) in [6.45, 7) is 1.95. The van der Waals surface area contributed by atoms with E-state index in [9.17, 15) is 14.7 Å². The Bertz CT molecular complexity index is 1060. The van der Waals surface area contributed by atoms with Crippen LogP contribution in [0.25, 0.3) is 0 Å². The Morgan fingerprint density at radius 3 is 2.65 bits per heavy atom. The molecule has 0 aromatic heterocycles. The zero-order valence-electron chi connectivity index (χ0n) is 19.3. The number of aliphatic hydroxyl groups is 1. The molecule has 2 bridgehead atoms. The van der Waals surface area contributed by atoms with Crippen molar-refractivity contribution in [1.29, 1.82) is 0 Å². The monoisotopic (exact) mass is 465 g/mol. The van der Waals surface area contributed by atoms with E-state index in [0.29, 0.717) is 43.1 Å². The molecule has 3 heterocycles. The summed E-state index contributed by atoms with van der Waals surface area (Å²) in [7, 11) is 1.48. The number of aliphatic hydroxyl groups excluding tert-OH is 1. The number of hydrogen-bond acceptors (Lipinski definition) is 6. The molecule has 34 heavy (non-hydrogen) atoms. The zero-order chi connectivity index (χ0) is 23.7. The van der Waals surface area contributed by atoms with Crippen LogP contribution >= 0.6 is 0 Å². The van der Waals surface area contributed by atoms with Crippen LogP contribution in [0, 0.1) is 0 Å². The molecule has 2 unspecified atom stereocenters. The fraction of sp³-hybridized carbons (Fsp3) is 0.462. The van der Waals surface area contributed by atoms with E-state index in [4.69, 9.17) is 9.47 Å². The van der Waals surface area contributed by atoms with Gasteiger partial charge in [-0.15, -0.1) is 0 Å². The van der Waals surface area contributed by atoms with Crippen LogP contribution in [0.5, 0.6) is 5.75 Å². The molecule has 3 aliphatic rings. The third-order valence-electron chi connectivity index (χ3n) is 7.22. The summed E-state index contributed by atoms with van der Waals surface area (Å²) in [5.74, 6) is -0.0687. The predicted octanol–water partition coefficient (Wildman–Crippen LogP) is 1.50. The number of morpholine rings is 1. The third-order valence-corrected chi connectivity index (χ3v) is 7.22. The van der Waals surface area contributed by atoms with E-state index < -0.39 is 6.10 Å². The van der Waals surface area contributed by atoms with Crippen molar-refractivity contribution in [3.63, 3.8) is 0 Å². The Balaban J connectivity index is 1.22. The highest BCUT2D eigenvalue weighted by atomic mass is 16.5. The van der Waals surface area contributed by atoms with Crippen molar-refractivity contribution in [1.82, 2.24) is 15.5 Å². The Morgan fingerprint density at radius 1 is 1.18 bits per heavy atom. The Morgan fingerprint density at radius 2 is 1.91 bits per heavy atom. The van der Waals surface area contributed by atoms with Gasteiger partial charge in [-0.2, -0.15) is 0 Å². The summed E-state index contributed by atoms with van der Waals surface area (Å²) in [5, 5.41) is 16.8. The summed E-state index contributed by atoms with van der Waals surface area (Å²) in [4.78, 5) is 28.0. The van der Waals surface area contributed by atoms with Crippen LogP contribution in [0.2, 0.25) is 0 Å². The van der Waals surface area contributed by atoms with E-state index >= 15 is 0 Å². The maximum atomic E-state index is 13.2. The number of nitrogens with zero attached hydrogens (tertiary/aromatic N) is 1. The van der Waals surface area contributed by atoms with Gasteiger partial charge in [0.15, 0.2) is 0 Å². The van der Waals surface area contributed by atoms with Crippen molar-refractivity contribution in [3.8, 4) is 5.75 Å². The summed E-state index contributed by atoms with van der Waals surface area (Å²) in [6.07, 6.45) is 1.88. The molecule has 0 saturated carbocycles. The van der Waals surface area contributed by atoms with E-state index in [1.165, 1.54) is 18.2 Å². The SMILES string of the molecule is COc1cc(C(=O)N2C3CCC2COC3)ccc1C(=O)NC[C@@H](O)[C@@H]1Cc2ccccc2CN1. The van der Waals surface area contributed by atoms with E-state index in [2.05, 4.69) is 22.8 Å². The smallest absolute Gasteiger partial charge is 0.255 e. The lowest BCUT2D eigenvalue weighted by Gasteiger charge is -2.34. The number of methoxy groups -OCH3 is 1. The van der Waals surface area contributed by atoms with Gasteiger partial charge in [0.05, 0.1) is 44.1 Å². The normalized spacial score (nSPS) is 24.3. The number of carbonyl (C=O) groups excluding carboxylic acids is 2. The van der Waals surface area contributed by atoms with Crippen LogP contribution in [0.15, 0.2) is 42.5 Å².